The predicted molar refractivity (Wildman–Crippen MR) is 103 cm³/mol. The summed E-state index contributed by atoms with van der Waals surface area (Å²) in [6, 6.07) is 15.9. The Morgan fingerprint density at radius 2 is 1.52 bits per heavy atom. The number of aromatic hydroxyl groups is 1. The molecule has 29 heavy (non-hydrogen) atoms. The number of benzene rings is 3. The van der Waals surface area contributed by atoms with E-state index >= 15 is 0 Å². The van der Waals surface area contributed by atoms with Crippen molar-refractivity contribution in [2.75, 3.05) is 12.3 Å². The average molecular weight is 386 g/mol. The van der Waals surface area contributed by atoms with Crippen LogP contribution in [-0.4, -0.2) is 23.3 Å². The number of ketones is 2. The SMILES string of the molecule is N#CCOc1ccc(Oc2cc(O)c3c(c2N)C(=O)c2ccccc2C3=O)cc1. The van der Waals surface area contributed by atoms with Crippen LogP contribution in [0.5, 0.6) is 23.0 Å². The molecule has 0 radical (unpaired) electrons. The van der Waals surface area contributed by atoms with E-state index in [9.17, 15) is 14.7 Å². The molecular weight excluding hydrogens is 372 g/mol. The Bertz CT molecular complexity index is 1190. The van der Waals surface area contributed by atoms with Crippen LogP contribution in [-0.2, 0) is 0 Å². The minimum atomic E-state index is -0.468. The fraction of sp³-hybridized carbons (Fsp3) is 0.0455. The first-order valence-electron chi connectivity index (χ1n) is 8.62. The highest BCUT2D eigenvalue weighted by molar-refractivity contribution is 6.31. The summed E-state index contributed by atoms with van der Waals surface area (Å²) in [6.07, 6.45) is 0. The number of hydrogen-bond acceptors (Lipinski definition) is 7. The maximum Gasteiger partial charge on any atom is 0.198 e. The summed E-state index contributed by atoms with van der Waals surface area (Å²) >= 11 is 0. The van der Waals surface area contributed by atoms with Crippen molar-refractivity contribution in [3.63, 3.8) is 0 Å². The minimum Gasteiger partial charge on any atom is -0.507 e. The molecule has 0 atom stereocenters. The molecule has 0 heterocycles. The standard InChI is InChI=1S/C22H14N2O5/c23-9-10-28-12-5-7-13(8-6-12)29-17-11-16(25)18-19(20(17)24)22(27)15-4-2-1-3-14(15)21(18)26/h1-8,11,25H,10,24H2. The Balaban J connectivity index is 1.73. The van der Waals surface area contributed by atoms with Gasteiger partial charge in [0.2, 0.25) is 0 Å². The van der Waals surface area contributed by atoms with Gasteiger partial charge in [-0.3, -0.25) is 9.59 Å². The molecule has 3 aromatic rings. The van der Waals surface area contributed by atoms with Crippen LogP contribution in [0.4, 0.5) is 5.69 Å². The molecule has 7 heteroatoms. The van der Waals surface area contributed by atoms with Gasteiger partial charge in [0.1, 0.15) is 23.3 Å². The van der Waals surface area contributed by atoms with Crippen LogP contribution in [0.15, 0.2) is 54.6 Å². The number of nitriles is 1. The van der Waals surface area contributed by atoms with Crippen molar-refractivity contribution in [2.24, 2.45) is 0 Å². The van der Waals surface area contributed by atoms with Gasteiger partial charge in [-0.15, -0.1) is 0 Å². The molecular formula is C22H14N2O5. The number of phenols is 1. The van der Waals surface area contributed by atoms with E-state index in [1.807, 2.05) is 6.07 Å². The van der Waals surface area contributed by atoms with Crippen molar-refractivity contribution in [1.29, 1.82) is 5.26 Å². The van der Waals surface area contributed by atoms with Crippen LogP contribution >= 0.6 is 0 Å². The number of rotatable bonds is 4. The third-order valence-corrected chi connectivity index (χ3v) is 4.53. The number of hydrogen-bond donors (Lipinski definition) is 2. The van der Waals surface area contributed by atoms with E-state index in [4.69, 9.17) is 20.5 Å². The first-order chi connectivity index (χ1) is 14.0. The van der Waals surface area contributed by atoms with Crippen molar-refractivity contribution in [3.05, 3.63) is 76.9 Å². The summed E-state index contributed by atoms with van der Waals surface area (Å²) in [5.41, 5.74) is 6.38. The summed E-state index contributed by atoms with van der Waals surface area (Å²) < 4.78 is 10.9. The van der Waals surface area contributed by atoms with Crippen LogP contribution in [0.3, 0.4) is 0 Å². The molecule has 0 amide bonds. The third-order valence-electron chi connectivity index (χ3n) is 4.53. The van der Waals surface area contributed by atoms with Crippen LogP contribution in [0, 0.1) is 11.3 Å². The number of carbonyl (C=O) groups excluding carboxylic acids is 2. The summed E-state index contributed by atoms with van der Waals surface area (Å²) in [5, 5.41) is 19.0. The zero-order chi connectivity index (χ0) is 20.5. The van der Waals surface area contributed by atoms with E-state index in [0.29, 0.717) is 11.5 Å². The molecule has 0 bridgehead atoms. The quantitative estimate of drug-likeness (QED) is 0.407. The summed E-state index contributed by atoms with van der Waals surface area (Å²) in [4.78, 5) is 25.7. The van der Waals surface area contributed by atoms with Gasteiger partial charge in [0, 0.05) is 17.2 Å². The normalized spacial score (nSPS) is 12.0. The van der Waals surface area contributed by atoms with Crippen LogP contribution in [0.25, 0.3) is 0 Å². The van der Waals surface area contributed by atoms with Crippen LogP contribution in [0.2, 0.25) is 0 Å². The molecule has 0 spiro atoms. The molecule has 1 aliphatic carbocycles. The maximum absolute atomic E-state index is 12.9. The monoisotopic (exact) mass is 386 g/mol. The molecule has 7 nitrogen and oxygen atoms in total. The van der Waals surface area contributed by atoms with Gasteiger partial charge in [-0.25, -0.2) is 0 Å². The van der Waals surface area contributed by atoms with E-state index in [1.54, 1.807) is 42.5 Å². The Hall–Kier alpha value is -4.31. The van der Waals surface area contributed by atoms with Gasteiger partial charge in [0.15, 0.2) is 23.9 Å². The van der Waals surface area contributed by atoms with Gasteiger partial charge in [0.25, 0.3) is 0 Å². The van der Waals surface area contributed by atoms with Crippen molar-refractivity contribution in [1.82, 2.24) is 0 Å². The molecule has 0 unspecified atom stereocenters. The lowest BCUT2D eigenvalue weighted by molar-refractivity contribution is 0.0977. The number of nitrogen functional groups attached to an aromatic ring is 1. The van der Waals surface area contributed by atoms with E-state index < -0.39 is 11.6 Å². The van der Waals surface area contributed by atoms with Gasteiger partial charge in [-0.05, 0) is 24.3 Å². The van der Waals surface area contributed by atoms with Crippen molar-refractivity contribution >= 4 is 17.3 Å². The summed E-state index contributed by atoms with van der Waals surface area (Å²) in [6.45, 7) is -0.0799. The highest BCUT2D eigenvalue weighted by Gasteiger charge is 2.35. The molecule has 3 N–H and O–H groups in total. The zero-order valence-electron chi connectivity index (χ0n) is 15.0. The van der Waals surface area contributed by atoms with Gasteiger partial charge in [0.05, 0.1) is 16.8 Å². The second-order valence-electron chi connectivity index (χ2n) is 6.28. The summed E-state index contributed by atoms with van der Waals surface area (Å²) in [7, 11) is 0. The van der Waals surface area contributed by atoms with Crippen LogP contribution < -0.4 is 15.2 Å². The Kier molecular flexibility index (Phi) is 4.37. The van der Waals surface area contributed by atoms with Gasteiger partial charge in [-0.2, -0.15) is 5.26 Å². The number of carbonyl (C=O) groups is 2. The fourth-order valence-electron chi connectivity index (χ4n) is 3.21. The number of phenolic OH excluding ortho intramolecular Hbond substituents is 1. The van der Waals surface area contributed by atoms with E-state index in [1.165, 1.54) is 12.1 Å². The molecule has 0 fully saturated rings. The number of ether oxygens (including phenoxy) is 2. The summed E-state index contributed by atoms with van der Waals surface area (Å²) in [5.74, 6) is -0.398. The fourth-order valence-corrected chi connectivity index (χ4v) is 3.21. The third kappa shape index (κ3) is 3.03. The lowest BCUT2D eigenvalue weighted by atomic mass is 9.82. The molecule has 0 saturated heterocycles. The van der Waals surface area contributed by atoms with Gasteiger partial charge >= 0.3 is 0 Å². The average Bonchev–Trinajstić information content (AvgIpc) is 2.74. The Morgan fingerprint density at radius 1 is 0.931 bits per heavy atom. The second kappa shape index (κ2) is 7.02. The molecule has 1 aliphatic rings. The molecule has 0 aliphatic heterocycles. The van der Waals surface area contributed by atoms with Crippen molar-refractivity contribution in [2.45, 2.75) is 0 Å². The Morgan fingerprint density at radius 3 is 2.14 bits per heavy atom. The first kappa shape index (κ1) is 18.1. The topological polar surface area (TPSA) is 123 Å². The maximum atomic E-state index is 12.9. The lowest BCUT2D eigenvalue weighted by Gasteiger charge is -2.21. The van der Waals surface area contributed by atoms with Gasteiger partial charge in [-0.1, -0.05) is 24.3 Å². The molecule has 142 valence electrons. The second-order valence-corrected chi connectivity index (χ2v) is 6.28. The van der Waals surface area contributed by atoms with Crippen molar-refractivity contribution < 1.29 is 24.2 Å². The predicted octanol–water partition coefficient (Wildman–Crippen LogP) is 3.44. The van der Waals surface area contributed by atoms with Crippen LogP contribution in [0.1, 0.15) is 31.8 Å². The first-order valence-corrected chi connectivity index (χ1v) is 8.62. The largest absolute Gasteiger partial charge is 0.507 e. The van der Waals surface area contributed by atoms with E-state index in [-0.39, 0.29) is 46.0 Å². The smallest absolute Gasteiger partial charge is 0.198 e. The molecule has 4 rings (SSSR count). The van der Waals surface area contributed by atoms with E-state index in [0.717, 1.165) is 0 Å². The highest BCUT2D eigenvalue weighted by Crippen LogP contribution is 2.42. The molecule has 0 aromatic heterocycles. The van der Waals surface area contributed by atoms with Gasteiger partial charge < -0.3 is 20.3 Å². The number of fused-ring (bicyclic) bond motifs is 2. The molecule has 0 saturated carbocycles. The number of anilines is 1. The Labute approximate surface area is 165 Å². The van der Waals surface area contributed by atoms with E-state index in [2.05, 4.69) is 0 Å². The molecule has 3 aromatic carbocycles. The number of nitrogens with two attached hydrogens (primary N) is 1. The number of nitrogens with zero attached hydrogens (tertiary/aromatic N) is 1. The lowest BCUT2D eigenvalue weighted by Crippen LogP contribution is -2.22. The minimum absolute atomic E-state index is 0.0320. The zero-order valence-corrected chi connectivity index (χ0v) is 15.0. The van der Waals surface area contributed by atoms with Crippen molar-refractivity contribution in [3.8, 4) is 29.1 Å². The highest BCUT2D eigenvalue weighted by atomic mass is 16.5.